The molecule has 1 fully saturated rings. The topological polar surface area (TPSA) is 58.6 Å². The van der Waals surface area contributed by atoms with E-state index in [1.165, 1.54) is 6.92 Å². The van der Waals surface area contributed by atoms with E-state index in [1.54, 1.807) is 4.90 Å². The van der Waals surface area contributed by atoms with E-state index in [0.717, 1.165) is 23.1 Å². The van der Waals surface area contributed by atoms with Crippen molar-refractivity contribution in [3.05, 3.63) is 60.2 Å². The van der Waals surface area contributed by atoms with Crippen LogP contribution in [0.3, 0.4) is 0 Å². The van der Waals surface area contributed by atoms with Gasteiger partial charge in [-0.2, -0.15) is 0 Å². The highest BCUT2D eigenvalue weighted by atomic mass is 16.5. The first-order chi connectivity index (χ1) is 13.6. The Morgan fingerprint density at radius 3 is 2.54 bits per heavy atom. The molecule has 0 aromatic heterocycles. The zero-order chi connectivity index (χ0) is 20.0. The molecule has 148 valence electrons. The highest BCUT2D eigenvalue weighted by Crippen LogP contribution is 2.30. The summed E-state index contributed by atoms with van der Waals surface area (Å²) in [4.78, 5) is 26.8. The van der Waals surface area contributed by atoms with Crippen molar-refractivity contribution in [2.45, 2.75) is 32.3 Å². The number of carbonyl (C=O) groups excluding carboxylic acids is 2. The molecule has 1 aliphatic heterocycles. The summed E-state index contributed by atoms with van der Waals surface area (Å²) >= 11 is 0. The minimum atomic E-state index is -1.08. The van der Waals surface area contributed by atoms with Crippen LogP contribution in [-0.4, -0.2) is 48.6 Å². The number of nitrogens with zero attached hydrogens (tertiary/aromatic N) is 1. The summed E-state index contributed by atoms with van der Waals surface area (Å²) in [7, 11) is 0. The first kappa shape index (κ1) is 20.1. The molecule has 2 aromatic rings. The molecular formula is C23H28N2O3. The van der Waals surface area contributed by atoms with Gasteiger partial charge in [-0.15, -0.1) is 0 Å². The third kappa shape index (κ3) is 4.42. The van der Waals surface area contributed by atoms with Crippen molar-refractivity contribution in [2.75, 3.05) is 26.2 Å². The first-order valence-electron chi connectivity index (χ1n) is 9.87. The molecule has 2 amide bonds. The first-order valence-corrected chi connectivity index (χ1v) is 9.87. The maximum atomic E-state index is 13.1. The van der Waals surface area contributed by atoms with Crippen LogP contribution in [0.2, 0.25) is 0 Å². The van der Waals surface area contributed by atoms with Crippen molar-refractivity contribution in [1.82, 2.24) is 10.2 Å². The number of benzene rings is 2. The highest BCUT2D eigenvalue weighted by Gasteiger charge is 2.44. The molecule has 0 spiro atoms. The predicted octanol–water partition coefficient (Wildman–Crippen LogP) is 3.04. The van der Waals surface area contributed by atoms with Crippen LogP contribution in [0.4, 0.5) is 0 Å². The smallest absolute Gasteiger partial charge is 0.254 e. The van der Waals surface area contributed by atoms with Crippen LogP contribution in [0, 0.1) is 0 Å². The maximum absolute atomic E-state index is 13.1. The van der Waals surface area contributed by atoms with Crippen LogP contribution < -0.4 is 5.32 Å². The van der Waals surface area contributed by atoms with E-state index < -0.39 is 5.60 Å². The fourth-order valence-corrected chi connectivity index (χ4v) is 3.66. The van der Waals surface area contributed by atoms with Crippen LogP contribution in [0.1, 0.15) is 25.8 Å². The Kier molecular flexibility index (Phi) is 6.47. The second-order valence-electron chi connectivity index (χ2n) is 7.24. The zero-order valence-corrected chi connectivity index (χ0v) is 16.6. The number of ether oxygens (including phenoxy) is 1. The van der Waals surface area contributed by atoms with Gasteiger partial charge in [-0.25, -0.2) is 0 Å². The number of hydrogen-bond acceptors (Lipinski definition) is 3. The molecule has 0 aliphatic carbocycles. The van der Waals surface area contributed by atoms with Crippen molar-refractivity contribution in [1.29, 1.82) is 0 Å². The standard InChI is InChI=1S/C23H28N2O3/c1-3-13-24-22(27)23(17-25(18(2)26)14-15-28-23)16-20-11-7-8-12-21(20)19-9-5-4-6-10-19/h4-12H,3,13-17H2,1-2H3,(H,24,27)/t23-/m1/s1. The summed E-state index contributed by atoms with van der Waals surface area (Å²) in [6.07, 6.45) is 1.26. The van der Waals surface area contributed by atoms with Crippen molar-refractivity contribution >= 4 is 11.8 Å². The maximum Gasteiger partial charge on any atom is 0.254 e. The number of hydrogen-bond donors (Lipinski definition) is 1. The minimum Gasteiger partial charge on any atom is -0.361 e. The Bertz CT molecular complexity index is 822. The Morgan fingerprint density at radius 2 is 1.82 bits per heavy atom. The van der Waals surface area contributed by atoms with E-state index >= 15 is 0 Å². The fourth-order valence-electron chi connectivity index (χ4n) is 3.66. The van der Waals surface area contributed by atoms with E-state index in [0.29, 0.717) is 26.1 Å². The van der Waals surface area contributed by atoms with Gasteiger partial charge < -0.3 is 15.0 Å². The summed E-state index contributed by atoms with van der Waals surface area (Å²) in [5.74, 6) is -0.185. The van der Waals surface area contributed by atoms with Crippen LogP contribution >= 0.6 is 0 Å². The van der Waals surface area contributed by atoms with E-state index in [2.05, 4.69) is 23.5 Å². The Morgan fingerprint density at radius 1 is 1.11 bits per heavy atom. The molecular weight excluding hydrogens is 352 g/mol. The van der Waals surface area contributed by atoms with Gasteiger partial charge in [-0.05, 0) is 23.1 Å². The largest absolute Gasteiger partial charge is 0.361 e. The Labute approximate surface area is 166 Å². The highest BCUT2D eigenvalue weighted by molar-refractivity contribution is 5.87. The van der Waals surface area contributed by atoms with Crippen LogP contribution in [0.5, 0.6) is 0 Å². The molecule has 1 N–H and O–H groups in total. The van der Waals surface area contributed by atoms with Gasteiger partial charge in [-0.3, -0.25) is 9.59 Å². The molecule has 1 heterocycles. The SMILES string of the molecule is CCCNC(=O)[C@@]1(Cc2ccccc2-c2ccccc2)CN(C(C)=O)CCO1. The molecule has 0 unspecified atom stereocenters. The van der Waals surface area contributed by atoms with Gasteiger partial charge in [-0.1, -0.05) is 61.5 Å². The average molecular weight is 380 g/mol. The van der Waals surface area contributed by atoms with Gasteiger partial charge in [0.05, 0.1) is 13.2 Å². The lowest BCUT2D eigenvalue weighted by atomic mass is 9.87. The third-order valence-corrected chi connectivity index (χ3v) is 5.16. The summed E-state index contributed by atoms with van der Waals surface area (Å²) in [5, 5.41) is 2.98. The minimum absolute atomic E-state index is 0.0349. The quantitative estimate of drug-likeness (QED) is 0.838. The molecule has 2 aromatic carbocycles. The lowest BCUT2D eigenvalue weighted by Gasteiger charge is -2.41. The molecule has 5 nitrogen and oxygen atoms in total. The van der Waals surface area contributed by atoms with E-state index in [4.69, 9.17) is 4.74 Å². The number of nitrogens with one attached hydrogen (secondary N) is 1. The monoisotopic (exact) mass is 380 g/mol. The van der Waals surface area contributed by atoms with Gasteiger partial charge in [0.25, 0.3) is 5.91 Å². The molecule has 0 saturated carbocycles. The average Bonchev–Trinajstić information content (AvgIpc) is 2.73. The molecule has 1 saturated heterocycles. The Hall–Kier alpha value is -2.66. The molecule has 1 aliphatic rings. The summed E-state index contributed by atoms with van der Waals surface area (Å²) in [6, 6.07) is 18.2. The molecule has 1 atom stereocenters. The van der Waals surface area contributed by atoms with Crippen LogP contribution in [0.25, 0.3) is 11.1 Å². The molecule has 3 rings (SSSR count). The second kappa shape index (κ2) is 9.02. The van der Waals surface area contributed by atoms with Gasteiger partial charge in [0.15, 0.2) is 5.60 Å². The Balaban J connectivity index is 1.97. The van der Waals surface area contributed by atoms with Gasteiger partial charge in [0.2, 0.25) is 5.91 Å². The third-order valence-electron chi connectivity index (χ3n) is 5.16. The lowest BCUT2D eigenvalue weighted by molar-refractivity contribution is -0.165. The van der Waals surface area contributed by atoms with Crippen molar-refractivity contribution in [2.24, 2.45) is 0 Å². The van der Waals surface area contributed by atoms with Gasteiger partial charge >= 0.3 is 0 Å². The second-order valence-corrected chi connectivity index (χ2v) is 7.24. The number of carbonyl (C=O) groups is 2. The van der Waals surface area contributed by atoms with Crippen molar-refractivity contribution < 1.29 is 14.3 Å². The van der Waals surface area contributed by atoms with E-state index in [-0.39, 0.29) is 18.4 Å². The van der Waals surface area contributed by atoms with E-state index in [9.17, 15) is 9.59 Å². The lowest BCUT2D eigenvalue weighted by Crippen LogP contribution is -2.62. The van der Waals surface area contributed by atoms with Crippen LogP contribution in [-0.2, 0) is 20.7 Å². The fraction of sp³-hybridized carbons (Fsp3) is 0.391. The van der Waals surface area contributed by atoms with Gasteiger partial charge in [0, 0.05) is 26.4 Å². The summed E-state index contributed by atoms with van der Waals surface area (Å²) in [5.41, 5.74) is 2.13. The van der Waals surface area contributed by atoms with Crippen molar-refractivity contribution in [3.8, 4) is 11.1 Å². The number of morpholine rings is 1. The predicted molar refractivity (Wildman–Crippen MR) is 110 cm³/mol. The van der Waals surface area contributed by atoms with Gasteiger partial charge in [0.1, 0.15) is 0 Å². The number of amides is 2. The molecule has 0 radical (unpaired) electrons. The normalized spacial score (nSPS) is 19.3. The summed E-state index contributed by atoms with van der Waals surface area (Å²) < 4.78 is 6.09. The summed E-state index contributed by atoms with van der Waals surface area (Å²) in [6.45, 7) is 5.27. The molecule has 0 bridgehead atoms. The van der Waals surface area contributed by atoms with Crippen molar-refractivity contribution in [3.63, 3.8) is 0 Å². The van der Waals surface area contributed by atoms with Crippen LogP contribution in [0.15, 0.2) is 54.6 Å². The molecule has 5 heteroatoms. The van der Waals surface area contributed by atoms with E-state index in [1.807, 2.05) is 43.3 Å². The molecule has 28 heavy (non-hydrogen) atoms. The number of rotatable bonds is 6. The zero-order valence-electron chi connectivity index (χ0n) is 16.6.